The van der Waals surface area contributed by atoms with Crippen LogP contribution in [0.2, 0.25) is 10.0 Å². The molecule has 30 heavy (non-hydrogen) atoms. The number of benzene rings is 2. The standard InChI is InChI=1S/C22H18Cl2F3NO2/c1-12(28-21(30)15-6-7-15)13-2-4-14(5-3-13)20(29)11-19(22(25,26)27)16-8-17(23)10-18(24)9-16/h2-5,8-12,15H,6-7H2,1H3,(H,28,30)/b19-11+. The summed E-state index contributed by atoms with van der Waals surface area (Å²) in [7, 11) is 0. The number of nitrogens with one attached hydrogen (secondary N) is 1. The molecule has 1 atom stereocenters. The molecule has 1 unspecified atom stereocenters. The van der Waals surface area contributed by atoms with Gasteiger partial charge >= 0.3 is 6.18 Å². The molecule has 0 saturated heterocycles. The molecular weight excluding hydrogens is 438 g/mol. The zero-order chi connectivity index (χ0) is 22.1. The van der Waals surface area contributed by atoms with Crippen molar-refractivity contribution in [3.63, 3.8) is 0 Å². The van der Waals surface area contributed by atoms with Gasteiger partial charge in [-0.25, -0.2) is 0 Å². The van der Waals surface area contributed by atoms with Crippen molar-refractivity contribution in [1.29, 1.82) is 0 Å². The Kier molecular flexibility index (Phi) is 6.58. The first-order chi connectivity index (χ1) is 14.0. The van der Waals surface area contributed by atoms with Crippen LogP contribution in [0.3, 0.4) is 0 Å². The third-order valence-corrected chi connectivity index (χ3v) is 5.19. The first-order valence-corrected chi connectivity index (χ1v) is 10.00. The van der Waals surface area contributed by atoms with E-state index in [1.54, 1.807) is 12.1 Å². The minimum absolute atomic E-state index is 0.0133. The van der Waals surface area contributed by atoms with Crippen molar-refractivity contribution in [3.8, 4) is 0 Å². The van der Waals surface area contributed by atoms with Gasteiger partial charge in [-0.3, -0.25) is 9.59 Å². The van der Waals surface area contributed by atoms with Crippen LogP contribution in [0.1, 0.15) is 47.3 Å². The van der Waals surface area contributed by atoms with Crippen molar-refractivity contribution in [3.05, 3.63) is 75.3 Å². The maximum Gasteiger partial charge on any atom is 0.417 e. The summed E-state index contributed by atoms with van der Waals surface area (Å²) in [5.41, 5.74) is -0.580. The SMILES string of the molecule is CC(NC(=O)C1CC1)c1ccc(C(=O)/C=C(\c2cc(Cl)cc(Cl)c2)C(F)(F)F)cc1. The molecule has 8 heteroatoms. The summed E-state index contributed by atoms with van der Waals surface area (Å²) in [5, 5.41) is 2.95. The highest BCUT2D eigenvalue weighted by atomic mass is 35.5. The van der Waals surface area contributed by atoms with Crippen LogP contribution in [0, 0.1) is 5.92 Å². The van der Waals surface area contributed by atoms with E-state index >= 15 is 0 Å². The zero-order valence-electron chi connectivity index (χ0n) is 15.9. The Hall–Kier alpha value is -2.31. The number of alkyl halides is 3. The van der Waals surface area contributed by atoms with Gasteiger partial charge in [0.2, 0.25) is 5.91 Å². The first kappa shape index (κ1) is 22.4. The van der Waals surface area contributed by atoms with Gasteiger partial charge < -0.3 is 5.32 Å². The molecule has 0 aromatic heterocycles. The van der Waals surface area contributed by atoms with E-state index in [1.165, 1.54) is 18.2 Å². The Bertz CT molecular complexity index is 976. The lowest BCUT2D eigenvalue weighted by atomic mass is 9.99. The van der Waals surface area contributed by atoms with E-state index in [4.69, 9.17) is 23.2 Å². The average molecular weight is 456 g/mol. The lowest BCUT2D eigenvalue weighted by molar-refractivity contribution is -0.122. The molecule has 0 spiro atoms. The van der Waals surface area contributed by atoms with Crippen molar-refractivity contribution < 1.29 is 22.8 Å². The van der Waals surface area contributed by atoms with Gasteiger partial charge in [-0.15, -0.1) is 0 Å². The summed E-state index contributed by atoms with van der Waals surface area (Å²) in [6.45, 7) is 1.81. The van der Waals surface area contributed by atoms with Gasteiger partial charge in [-0.05, 0) is 55.2 Å². The number of carbonyl (C=O) groups is 2. The molecule has 0 heterocycles. The van der Waals surface area contributed by atoms with Crippen molar-refractivity contribution in [2.45, 2.75) is 32.0 Å². The number of amides is 1. The number of hydrogen-bond acceptors (Lipinski definition) is 2. The molecule has 0 aliphatic heterocycles. The van der Waals surface area contributed by atoms with Gasteiger partial charge in [0.25, 0.3) is 0 Å². The zero-order valence-corrected chi connectivity index (χ0v) is 17.4. The van der Waals surface area contributed by atoms with Crippen molar-refractivity contribution >= 4 is 40.5 Å². The van der Waals surface area contributed by atoms with Gasteiger partial charge in [-0.2, -0.15) is 13.2 Å². The highest BCUT2D eigenvalue weighted by Gasteiger charge is 2.36. The van der Waals surface area contributed by atoms with Crippen LogP contribution in [0.15, 0.2) is 48.5 Å². The molecule has 1 saturated carbocycles. The van der Waals surface area contributed by atoms with Crippen LogP contribution in [-0.4, -0.2) is 17.9 Å². The molecule has 0 bridgehead atoms. The van der Waals surface area contributed by atoms with E-state index in [9.17, 15) is 22.8 Å². The largest absolute Gasteiger partial charge is 0.417 e. The molecular formula is C22H18Cl2F3NO2. The number of allylic oxidation sites excluding steroid dienone is 2. The van der Waals surface area contributed by atoms with Crippen molar-refractivity contribution in [2.75, 3.05) is 0 Å². The fourth-order valence-electron chi connectivity index (χ4n) is 2.95. The number of rotatable bonds is 6. The molecule has 2 aromatic rings. The van der Waals surface area contributed by atoms with Crippen LogP contribution in [0.4, 0.5) is 13.2 Å². The van der Waals surface area contributed by atoms with E-state index in [-0.39, 0.29) is 39.0 Å². The number of halogens is 5. The molecule has 1 N–H and O–H groups in total. The summed E-state index contributed by atoms with van der Waals surface area (Å²) < 4.78 is 40.7. The smallest absolute Gasteiger partial charge is 0.349 e. The monoisotopic (exact) mass is 455 g/mol. The highest BCUT2D eigenvalue weighted by Crippen LogP contribution is 2.36. The molecule has 0 radical (unpaired) electrons. The summed E-state index contributed by atoms with van der Waals surface area (Å²) in [6, 6.07) is 9.35. The fourth-order valence-corrected chi connectivity index (χ4v) is 3.47. The molecule has 3 rings (SSSR count). The molecule has 1 amide bonds. The van der Waals surface area contributed by atoms with E-state index in [2.05, 4.69) is 5.32 Å². The lowest BCUT2D eigenvalue weighted by Crippen LogP contribution is -2.27. The van der Waals surface area contributed by atoms with E-state index in [0.29, 0.717) is 6.08 Å². The summed E-state index contributed by atoms with van der Waals surface area (Å²) in [4.78, 5) is 24.4. The second-order valence-electron chi connectivity index (χ2n) is 7.20. The molecule has 1 fully saturated rings. The van der Waals surface area contributed by atoms with Gasteiger partial charge in [-0.1, -0.05) is 47.5 Å². The highest BCUT2D eigenvalue weighted by molar-refractivity contribution is 6.35. The predicted molar refractivity (Wildman–Crippen MR) is 111 cm³/mol. The van der Waals surface area contributed by atoms with Gasteiger partial charge in [0.1, 0.15) is 0 Å². The van der Waals surface area contributed by atoms with Crippen LogP contribution in [-0.2, 0) is 4.79 Å². The van der Waals surface area contributed by atoms with E-state index < -0.39 is 17.5 Å². The first-order valence-electron chi connectivity index (χ1n) is 9.24. The average Bonchev–Trinajstić information content (AvgIpc) is 3.49. The third-order valence-electron chi connectivity index (χ3n) is 4.76. The summed E-state index contributed by atoms with van der Waals surface area (Å²) >= 11 is 11.6. The Balaban J connectivity index is 1.82. The van der Waals surface area contributed by atoms with Crippen LogP contribution in [0.5, 0.6) is 0 Å². The van der Waals surface area contributed by atoms with Gasteiger partial charge in [0, 0.05) is 21.5 Å². The quantitative estimate of drug-likeness (QED) is 0.404. The number of carbonyl (C=O) groups excluding carboxylic acids is 2. The summed E-state index contributed by atoms with van der Waals surface area (Å²) in [6.07, 6.45) is -2.46. The Morgan fingerprint density at radius 1 is 1.03 bits per heavy atom. The van der Waals surface area contributed by atoms with Crippen molar-refractivity contribution in [2.24, 2.45) is 5.92 Å². The molecule has 158 valence electrons. The lowest BCUT2D eigenvalue weighted by Gasteiger charge is -2.15. The van der Waals surface area contributed by atoms with Gasteiger partial charge in [0.05, 0.1) is 11.6 Å². The van der Waals surface area contributed by atoms with E-state index in [1.807, 2.05) is 6.92 Å². The normalized spacial score (nSPS) is 15.6. The number of ketones is 1. The molecule has 3 nitrogen and oxygen atoms in total. The van der Waals surface area contributed by atoms with Crippen LogP contribution in [0.25, 0.3) is 5.57 Å². The Labute approximate surface area is 181 Å². The van der Waals surface area contributed by atoms with Crippen LogP contribution < -0.4 is 5.32 Å². The minimum Gasteiger partial charge on any atom is -0.349 e. The predicted octanol–water partition coefficient (Wildman–Crippen LogP) is 6.41. The minimum atomic E-state index is -4.77. The Morgan fingerprint density at radius 3 is 2.10 bits per heavy atom. The maximum atomic E-state index is 13.6. The topological polar surface area (TPSA) is 46.2 Å². The molecule has 2 aromatic carbocycles. The van der Waals surface area contributed by atoms with E-state index in [0.717, 1.165) is 30.5 Å². The fraction of sp³-hybridized carbons (Fsp3) is 0.273. The van der Waals surface area contributed by atoms with Crippen LogP contribution >= 0.6 is 23.2 Å². The van der Waals surface area contributed by atoms with Gasteiger partial charge in [0.15, 0.2) is 5.78 Å². The molecule has 1 aliphatic rings. The van der Waals surface area contributed by atoms with Crippen molar-refractivity contribution in [1.82, 2.24) is 5.32 Å². The summed E-state index contributed by atoms with van der Waals surface area (Å²) in [5.74, 6) is -0.751. The Morgan fingerprint density at radius 2 is 1.60 bits per heavy atom. The number of hydrogen-bond donors (Lipinski definition) is 1. The third kappa shape index (κ3) is 5.64. The molecule has 1 aliphatic carbocycles. The second-order valence-corrected chi connectivity index (χ2v) is 8.08. The maximum absolute atomic E-state index is 13.6. The second kappa shape index (κ2) is 8.82.